The zero-order valence-electron chi connectivity index (χ0n) is 7.78. The van der Waals surface area contributed by atoms with Crippen LogP contribution < -0.4 is 11.1 Å². The molecule has 0 aliphatic carbocycles. The fourth-order valence-corrected chi connectivity index (χ4v) is 1.36. The number of hydrogen-bond acceptors (Lipinski definition) is 6. The zero-order chi connectivity index (χ0) is 11.6. The lowest BCUT2D eigenvalue weighted by molar-refractivity contribution is -0.233. The number of aliphatic hydroxyl groups excluding tert-OH is 4. The van der Waals surface area contributed by atoms with Gasteiger partial charge in [0.15, 0.2) is 6.23 Å². The summed E-state index contributed by atoms with van der Waals surface area (Å²) in [7, 11) is 0. The van der Waals surface area contributed by atoms with Crippen LogP contribution in [0.1, 0.15) is 0 Å². The summed E-state index contributed by atoms with van der Waals surface area (Å²) < 4.78 is 4.92. The number of carbonyl (C=O) groups excluding carboxylic acids is 1. The monoisotopic (exact) mass is 222 g/mol. The van der Waals surface area contributed by atoms with E-state index in [4.69, 9.17) is 15.6 Å². The highest BCUT2D eigenvalue weighted by molar-refractivity contribution is 5.71. The summed E-state index contributed by atoms with van der Waals surface area (Å²) in [6, 6.07) is -0.945. The van der Waals surface area contributed by atoms with Gasteiger partial charge in [0.25, 0.3) is 0 Å². The molecule has 15 heavy (non-hydrogen) atoms. The first-order valence-corrected chi connectivity index (χ1v) is 4.34. The minimum absolute atomic E-state index is 0.554. The van der Waals surface area contributed by atoms with Gasteiger partial charge in [-0.25, -0.2) is 4.79 Å². The standard InChI is InChI=1S/C7H14N2O6/c8-7(14)9-6-5(13)4(12)3(11)2(1-10)15-6/h2-6,10-13H,1H2,(H3,8,9,14)/t2-,3+,4+,5-,6?/m1/s1. The van der Waals surface area contributed by atoms with Crippen molar-refractivity contribution in [2.24, 2.45) is 5.73 Å². The highest BCUT2D eigenvalue weighted by atomic mass is 16.6. The molecule has 1 fully saturated rings. The molecule has 0 radical (unpaired) electrons. The Labute approximate surface area is 85.3 Å². The second-order valence-electron chi connectivity index (χ2n) is 3.26. The Morgan fingerprint density at radius 1 is 1.27 bits per heavy atom. The smallest absolute Gasteiger partial charge is 0.314 e. The van der Waals surface area contributed by atoms with Crippen molar-refractivity contribution in [2.75, 3.05) is 6.61 Å². The Hall–Kier alpha value is -0.930. The second kappa shape index (κ2) is 4.73. The molecule has 2 amide bonds. The Morgan fingerprint density at radius 3 is 2.33 bits per heavy atom. The Bertz CT molecular complexity index is 236. The van der Waals surface area contributed by atoms with Gasteiger partial charge in [-0.05, 0) is 0 Å². The van der Waals surface area contributed by atoms with Crippen molar-refractivity contribution in [3.8, 4) is 0 Å². The number of carbonyl (C=O) groups is 1. The predicted octanol–water partition coefficient (Wildman–Crippen LogP) is -3.55. The third-order valence-electron chi connectivity index (χ3n) is 2.18. The van der Waals surface area contributed by atoms with Crippen molar-refractivity contribution in [1.29, 1.82) is 0 Å². The normalized spacial score (nSPS) is 41.2. The fraction of sp³-hybridized carbons (Fsp3) is 0.857. The van der Waals surface area contributed by atoms with Crippen LogP contribution in [0.15, 0.2) is 0 Å². The van der Waals surface area contributed by atoms with Crippen molar-refractivity contribution < 1.29 is 30.0 Å². The summed E-state index contributed by atoms with van der Waals surface area (Å²) in [5.74, 6) is 0. The van der Waals surface area contributed by atoms with Crippen molar-refractivity contribution in [2.45, 2.75) is 30.6 Å². The topological polar surface area (TPSA) is 145 Å². The molecule has 0 aromatic heterocycles. The van der Waals surface area contributed by atoms with Crippen LogP contribution in [0, 0.1) is 0 Å². The molecule has 0 saturated carbocycles. The van der Waals surface area contributed by atoms with Gasteiger partial charge in [0.1, 0.15) is 24.4 Å². The van der Waals surface area contributed by atoms with Gasteiger partial charge < -0.3 is 36.2 Å². The molecule has 0 aromatic carbocycles. The van der Waals surface area contributed by atoms with Crippen molar-refractivity contribution >= 4 is 6.03 Å². The van der Waals surface area contributed by atoms with E-state index in [1.807, 2.05) is 5.32 Å². The maximum atomic E-state index is 10.5. The van der Waals surface area contributed by atoms with Crippen LogP contribution in [-0.2, 0) is 4.74 Å². The third-order valence-corrected chi connectivity index (χ3v) is 2.18. The SMILES string of the molecule is NC(=O)NC1O[C@H](CO)[C@H](O)[C@H](O)[C@H]1O. The predicted molar refractivity (Wildman–Crippen MR) is 46.5 cm³/mol. The number of aliphatic hydroxyl groups is 4. The maximum Gasteiger partial charge on any atom is 0.314 e. The number of primary amides is 1. The molecule has 8 heteroatoms. The summed E-state index contributed by atoms with van der Waals surface area (Å²) in [4.78, 5) is 10.5. The van der Waals surface area contributed by atoms with E-state index in [1.54, 1.807) is 0 Å². The first kappa shape index (κ1) is 12.1. The van der Waals surface area contributed by atoms with E-state index in [9.17, 15) is 20.1 Å². The molecule has 0 bridgehead atoms. The highest BCUT2D eigenvalue weighted by Gasteiger charge is 2.43. The van der Waals surface area contributed by atoms with Crippen molar-refractivity contribution in [1.82, 2.24) is 5.32 Å². The van der Waals surface area contributed by atoms with Gasteiger partial charge in [0.05, 0.1) is 6.61 Å². The summed E-state index contributed by atoms with van der Waals surface area (Å²) >= 11 is 0. The summed E-state index contributed by atoms with van der Waals surface area (Å²) in [6.45, 7) is -0.554. The number of nitrogens with one attached hydrogen (secondary N) is 1. The number of rotatable bonds is 2. The highest BCUT2D eigenvalue weighted by Crippen LogP contribution is 2.19. The van der Waals surface area contributed by atoms with Crippen LogP contribution in [-0.4, -0.2) is 63.7 Å². The van der Waals surface area contributed by atoms with Crippen LogP contribution in [0.25, 0.3) is 0 Å². The lowest BCUT2D eigenvalue weighted by Crippen LogP contribution is -2.63. The van der Waals surface area contributed by atoms with Crippen LogP contribution in [0.4, 0.5) is 4.79 Å². The first-order chi connectivity index (χ1) is 6.97. The van der Waals surface area contributed by atoms with Crippen molar-refractivity contribution in [3.05, 3.63) is 0 Å². The molecule has 5 atom stereocenters. The average molecular weight is 222 g/mol. The van der Waals surface area contributed by atoms with Gasteiger partial charge >= 0.3 is 6.03 Å². The van der Waals surface area contributed by atoms with Gasteiger partial charge in [-0.15, -0.1) is 0 Å². The van der Waals surface area contributed by atoms with Crippen LogP contribution in [0.2, 0.25) is 0 Å². The Morgan fingerprint density at radius 2 is 1.87 bits per heavy atom. The van der Waals surface area contributed by atoms with E-state index in [0.717, 1.165) is 0 Å². The summed E-state index contributed by atoms with van der Waals surface area (Å²) in [5, 5.41) is 38.9. The van der Waals surface area contributed by atoms with E-state index in [1.165, 1.54) is 0 Å². The number of hydrogen-bond donors (Lipinski definition) is 6. The quantitative estimate of drug-likeness (QED) is 0.285. The van der Waals surface area contributed by atoms with Crippen LogP contribution in [0.3, 0.4) is 0 Å². The van der Waals surface area contributed by atoms with Gasteiger partial charge in [-0.1, -0.05) is 0 Å². The molecule has 1 unspecified atom stereocenters. The molecule has 0 spiro atoms. The Kier molecular flexibility index (Phi) is 3.83. The largest absolute Gasteiger partial charge is 0.394 e. The maximum absolute atomic E-state index is 10.5. The number of nitrogens with two attached hydrogens (primary N) is 1. The fourth-order valence-electron chi connectivity index (χ4n) is 1.36. The number of amides is 2. The summed E-state index contributed by atoms with van der Waals surface area (Å²) in [6.07, 6.45) is -6.78. The molecular formula is C7H14N2O6. The molecule has 1 aliphatic heterocycles. The van der Waals surface area contributed by atoms with Crippen molar-refractivity contribution in [3.63, 3.8) is 0 Å². The molecule has 1 aliphatic rings. The lowest BCUT2D eigenvalue weighted by Gasteiger charge is -2.39. The van der Waals surface area contributed by atoms with Gasteiger partial charge in [0, 0.05) is 0 Å². The molecule has 7 N–H and O–H groups in total. The third kappa shape index (κ3) is 2.55. The summed E-state index contributed by atoms with van der Waals surface area (Å²) in [5.41, 5.74) is 4.80. The van der Waals surface area contributed by atoms with E-state index >= 15 is 0 Å². The Balaban J connectivity index is 2.69. The minimum atomic E-state index is -1.52. The minimum Gasteiger partial charge on any atom is -0.394 e. The van der Waals surface area contributed by atoms with Crippen LogP contribution >= 0.6 is 0 Å². The number of urea groups is 1. The van der Waals surface area contributed by atoms with Gasteiger partial charge in [-0.2, -0.15) is 0 Å². The van der Waals surface area contributed by atoms with Gasteiger partial charge in [-0.3, -0.25) is 0 Å². The number of ether oxygens (including phenoxy) is 1. The molecule has 0 aromatic rings. The van der Waals surface area contributed by atoms with Crippen LogP contribution in [0.5, 0.6) is 0 Å². The van der Waals surface area contributed by atoms with E-state index in [2.05, 4.69) is 0 Å². The average Bonchev–Trinajstić information content (AvgIpc) is 2.18. The van der Waals surface area contributed by atoms with E-state index in [-0.39, 0.29) is 0 Å². The van der Waals surface area contributed by atoms with Gasteiger partial charge in [0.2, 0.25) is 0 Å². The molecular weight excluding hydrogens is 208 g/mol. The molecule has 88 valence electrons. The first-order valence-electron chi connectivity index (χ1n) is 4.34. The van der Waals surface area contributed by atoms with E-state index in [0.29, 0.717) is 0 Å². The molecule has 1 heterocycles. The second-order valence-corrected chi connectivity index (χ2v) is 3.26. The zero-order valence-corrected chi connectivity index (χ0v) is 7.78. The van der Waals surface area contributed by atoms with E-state index < -0.39 is 43.3 Å². The molecule has 8 nitrogen and oxygen atoms in total. The molecule has 1 rings (SSSR count). The lowest BCUT2D eigenvalue weighted by atomic mass is 9.98. The molecule has 1 saturated heterocycles.